The molecule has 1 aromatic rings. The third-order valence-electron chi connectivity index (χ3n) is 4.79. The van der Waals surface area contributed by atoms with Gasteiger partial charge in [-0.3, -0.25) is 14.5 Å². The number of rotatable bonds is 7. The molecule has 5 nitrogen and oxygen atoms in total. The lowest BCUT2D eigenvalue weighted by Gasteiger charge is -2.50. The zero-order valence-electron chi connectivity index (χ0n) is 13.5. The lowest BCUT2D eigenvalue weighted by Crippen LogP contribution is -2.64. The normalized spacial score (nSPS) is 29.7. The van der Waals surface area contributed by atoms with E-state index < -0.39 is 0 Å². The molecule has 2 bridgehead atoms. The summed E-state index contributed by atoms with van der Waals surface area (Å²) < 4.78 is 2.09. The predicted octanol–water partition coefficient (Wildman–Crippen LogP) is 1.33. The lowest BCUT2D eigenvalue weighted by atomic mass is 9.96. The van der Waals surface area contributed by atoms with Gasteiger partial charge in [-0.2, -0.15) is 5.10 Å². The van der Waals surface area contributed by atoms with E-state index in [-0.39, 0.29) is 0 Å². The van der Waals surface area contributed by atoms with Crippen molar-refractivity contribution in [2.24, 2.45) is 0 Å². The highest BCUT2D eigenvalue weighted by molar-refractivity contribution is 5.15. The van der Waals surface area contributed by atoms with Gasteiger partial charge in [0.05, 0.1) is 12.2 Å². The molecule has 2 atom stereocenters. The highest BCUT2D eigenvalue weighted by atomic mass is 15.4. The van der Waals surface area contributed by atoms with Crippen molar-refractivity contribution in [2.45, 2.75) is 45.3 Å². The average Bonchev–Trinajstić information content (AvgIpc) is 2.98. The zero-order valence-corrected chi connectivity index (χ0v) is 13.5. The van der Waals surface area contributed by atoms with Gasteiger partial charge in [-0.05, 0) is 19.4 Å². The molecule has 0 amide bonds. The Hall–Kier alpha value is -0.910. The van der Waals surface area contributed by atoms with Crippen LogP contribution in [0.15, 0.2) is 12.4 Å². The Bertz CT molecular complexity index is 436. The highest BCUT2D eigenvalue weighted by Gasteiger charge is 2.37. The Labute approximate surface area is 128 Å². The van der Waals surface area contributed by atoms with Crippen LogP contribution in [-0.4, -0.2) is 64.9 Å². The van der Waals surface area contributed by atoms with Crippen LogP contribution in [0, 0.1) is 0 Å². The molecule has 0 spiro atoms. The van der Waals surface area contributed by atoms with E-state index in [2.05, 4.69) is 51.1 Å². The fraction of sp³-hybridized carbons (Fsp3) is 0.812. The highest BCUT2D eigenvalue weighted by Crippen LogP contribution is 2.27. The first kappa shape index (κ1) is 15.0. The molecule has 0 saturated carbocycles. The summed E-state index contributed by atoms with van der Waals surface area (Å²) in [4.78, 5) is 5.28. The first-order valence-electron chi connectivity index (χ1n) is 8.54. The van der Waals surface area contributed by atoms with E-state index in [9.17, 15) is 0 Å². The van der Waals surface area contributed by atoms with Crippen molar-refractivity contribution in [1.82, 2.24) is 24.9 Å². The number of nitrogens with one attached hydrogen (secondary N) is 1. The van der Waals surface area contributed by atoms with Gasteiger partial charge in [0.15, 0.2) is 0 Å². The molecule has 5 heteroatoms. The van der Waals surface area contributed by atoms with Crippen molar-refractivity contribution in [3.05, 3.63) is 18.0 Å². The molecular weight excluding hydrogens is 262 g/mol. The summed E-state index contributed by atoms with van der Waals surface area (Å²) in [6.45, 7) is 12.7. The molecule has 21 heavy (non-hydrogen) atoms. The Morgan fingerprint density at radius 3 is 2.67 bits per heavy atom. The van der Waals surface area contributed by atoms with Crippen LogP contribution in [0.25, 0.3) is 0 Å². The van der Waals surface area contributed by atoms with E-state index >= 15 is 0 Å². The Kier molecular flexibility index (Phi) is 4.93. The van der Waals surface area contributed by atoms with Crippen LogP contribution in [0.4, 0.5) is 0 Å². The zero-order chi connectivity index (χ0) is 14.7. The SMILES string of the molecule is CCCNC(c1cnn(CCC)c1)C1CN2CCN1CC2. The van der Waals surface area contributed by atoms with E-state index in [0.29, 0.717) is 12.1 Å². The van der Waals surface area contributed by atoms with E-state index in [1.807, 2.05) is 0 Å². The summed E-state index contributed by atoms with van der Waals surface area (Å²) >= 11 is 0. The average molecular weight is 291 g/mol. The number of aromatic nitrogens is 2. The van der Waals surface area contributed by atoms with Gasteiger partial charge < -0.3 is 5.32 Å². The molecule has 4 rings (SSSR count). The van der Waals surface area contributed by atoms with Crippen molar-refractivity contribution < 1.29 is 0 Å². The van der Waals surface area contributed by atoms with Gasteiger partial charge in [-0.25, -0.2) is 0 Å². The summed E-state index contributed by atoms with van der Waals surface area (Å²) in [7, 11) is 0. The molecule has 2 unspecified atom stereocenters. The van der Waals surface area contributed by atoms with Gasteiger partial charge in [0.1, 0.15) is 0 Å². The van der Waals surface area contributed by atoms with Crippen LogP contribution in [0.1, 0.15) is 38.3 Å². The number of nitrogens with zero attached hydrogens (tertiary/aromatic N) is 4. The molecule has 4 heterocycles. The van der Waals surface area contributed by atoms with Crippen molar-refractivity contribution in [3.8, 4) is 0 Å². The largest absolute Gasteiger partial charge is 0.308 e. The van der Waals surface area contributed by atoms with E-state index in [0.717, 1.165) is 19.5 Å². The number of hydrogen-bond donors (Lipinski definition) is 1. The van der Waals surface area contributed by atoms with Gasteiger partial charge in [0.2, 0.25) is 0 Å². The minimum absolute atomic E-state index is 0.415. The lowest BCUT2D eigenvalue weighted by molar-refractivity contribution is -0.00365. The monoisotopic (exact) mass is 291 g/mol. The first-order valence-corrected chi connectivity index (χ1v) is 8.54. The van der Waals surface area contributed by atoms with Crippen LogP contribution in [0.2, 0.25) is 0 Å². The smallest absolute Gasteiger partial charge is 0.0538 e. The maximum atomic E-state index is 4.54. The summed E-state index contributed by atoms with van der Waals surface area (Å²) in [6.07, 6.45) is 6.63. The second-order valence-electron chi connectivity index (χ2n) is 6.37. The summed E-state index contributed by atoms with van der Waals surface area (Å²) in [5, 5.41) is 8.31. The van der Waals surface area contributed by atoms with Crippen LogP contribution >= 0.6 is 0 Å². The third-order valence-corrected chi connectivity index (χ3v) is 4.79. The number of aryl methyl sites for hydroxylation is 1. The molecule has 3 saturated heterocycles. The molecule has 1 N–H and O–H groups in total. The topological polar surface area (TPSA) is 36.3 Å². The van der Waals surface area contributed by atoms with Crippen molar-refractivity contribution in [2.75, 3.05) is 39.3 Å². The first-order chi connectivity index (χ1) is 10.3. The minimum Gasteiger partial charge on any atom is -0.308 e. The summed E-state index contributed by atoms with van der Waals surface area (Å²) in [5.41, 5.74) is 1.36. The molecule has 3 aliphatic rings. The van der Waals surface area contributed by atoms with Crippen LogP contribution in [-0.2, 0) is 6.54 Å². The molecule has 1 aromatic heterocycles. The fourth-order valence-electron chi connectivity index (χ4n) is 3.64. The second kappa shape index (κ2) is 6.90. The van der Waals surface area contributed by atoms with E-state index in [1.54, 1.807) is 0 Å². The Balaban J connectivity index is 1.76. The van der Waals surface area contributed by atoms with E-state index in [4.69, 9.17) is 0 Å². The predicted molar refractivity (Wildman–Crippen MR) is 85.4 cm³/mol. The van der Waals surface area contributed by atoms with Gasteiger partial charge >= 0.3 is 0 Å². The molecule has 0 radical (unpaired) electrons. The standard InChI is InChI=1S/C16H29N5/c1-3-5-17-16(14-11-18-21(12-14)6-4-2)15-13-19-7-9-20(15)10-8-19/h11-12,15-17H,3-10,13H2,1-2H3. The summed E-state index contributed by atoms with van der Waals surface area (Å²) in [6, 6.07) is 1.01. The fourth-order valence-corrected chi connectivity index (χ4v) is 3.64. The van der Waals surface area contributed by atoms with Crippen molar-refractivity contribution in [1.29, 1.82) is 0 Å². The quantitative estimate of drug-likeness (QED) is 0.822. The number of piperazine rings is 3. The maximum absolute atomic E-state index is 4.54. The van der Waals surface area contributed by atoms with E-state index in [1.165, 1.54) is 44.7 Å². The molecule has 3 fully saturated rings. The van der Waals surface area contributed by atoms with Gasteiger partial charge in [0, 0.05) is 57.1 Å². The number of fused-ring (bicyclic) bond motifs is 3. The van der Waals surface area contributed by atoms with Crippen molar-refractivity contribution in [3.63, 3.8) is 0 Å². The van der Waals surface area contributed by atoms with Gasteiger partial charge in [-0.1, -0.05) is 13.8 Å². The Morgan fingerprint density at radius 2 is 2.05 bits per heavy atom. The third kappa shape index (κ3) is 3.30. The van der Waals surface area contributed by atoms with Crippen LogP contribution < -0.4 is 5.32 Å². The molecule has 0 aliphatic carbocycles. The Morgan fingerprint density at radius 1 is 1.24 bits per heavy atom. The molecule has 0 aromatic carbocycles. The molecule has 118 valence electrons. The molecular formula is C16H29N5. The number of hydrogen-bond acceptors (Lipinski definition) is 4. The van der Waals surface area contributed by atoms with Crippen molar-refractivity contribution >= 4 is 0 Å². The molecule has 3 aliphatic heterocycles. The van der Waals surface area contributed by atoms with Crippen LogP contribution in [0.5, 0.6) is 0 Å². The maximum Gasteiger partial charge on any atom is 0.0538 e. The summed E-state index contributed by atoms with van der Waals surface area (Å²) in [5.74, 6) is 0. The van der Waals surface area contributed by atoms with Gasteiger partial charge in [-0.15, -0.1) is 0 Å². The van der Waals surface area contributed by atoms with Crippen LogP contribution in [0.3, 0.4) is 0 Å². The minimum atomic E-state index is 0.415. The van der Waals surface area contributed by atoms with Gasteiger partial charge in [0.25, 0.3) is 0 Å². The second-order valence-corrected chi connectivity index (χ2v) is 6.37.